The molecule has 0 saturated carbocycles. The van der Waals surface area contributed by atoms with Crippen molar-refractivity contribution < 1.29 is 4.39 Å². The average Bonchev–Trinajstić information content (AvgIpc) is 2.46. The van der Waals surface area contributed by atoms with Crippen LogP contribution in [0.1, 0.15) is 4.88 Å². The number of rotatable bonds is 2. The zero-order valence-corrected chi connectivity index (χ0v) is 8.84. The molecule has 0 fully saturated rings. The fourth-order valence-electron chi connectivity index (χ4n) is 1.27. The summed E-state index contributed by atoms with van der Waals surface area (Å²) in [6, 6.07) is 7.09. The lowest BCUT2D eigenvalue weighted by molar-refractivity contribution is 0.630. The Morgan fingerprint density at radius 1 is 1.38 bits per heavy atom. The van der Waals surface area contributed by atoms with Gasteiger partial charge in [0.25, 0.3) is 0 Å². The Morgan fingerprint density at radius 3 is 3.00 bits per heavy atom. The minimum absolute atomic E-state index is 0.148. The van der Waals surface area contributed by atoms with E-state index in [1.165, 1.54) is 10.9 Å². The smallest absolute Gasteiger partial charge is 0.124 e. The van der Waals surface area contributed by atoms with Gasteiger partial charge in [-0.15, -0.1) is 11.3 Å². The number of thioether (sulfide) groups is 1. The minimum atomic E-state index is -0.148. The summed E-state index contributed by atoms with van der Waals surface area (Å²) < 4.78 is 13.9. The van der Waals surface area contributed by atoms with Gasteiger partial charge >= 0.3 is 0 Å². The molecule has 1 aromatic carbocycles. The van der Waals surface area contributed by atoms with Gasteiger partial charge in [-0.1, -0.05) is 6.07 Å². The third-order valence-corrected chi connectivity index (χ3v) is 3.70. The summed E-state index contributed by atoms with van der Waals surface area (Å²) in [4.78, 5) is 1.31. The van der Waals surface area contributed by atoms with Crippen LogP contribution in [-0.4, -0.2) is 6.26 Å². The highest BCUT2D eigenvalue weighted by Gasteiger charge is 2.01. The van der Waals surface area contributed by atoms with E-state index in [1.807, 2.05) is 6.07 Å². The summed E-state index contributed by atoms with van der Waals surface area (Å²) in [7, 11) is 0. The molecule has 13 heavy (non-hydrogen) atoms. The molecule has 0 amide bonds. The van der Waals surface area contributed by atoms with Crippen molar-refractivity contribution in [2.24, 2.45) is 0 Å². The normalized spacial score (nSPS) is 10.9. The van der Waals surface area contributed by atoms with Crippen LogP contribution in [0.4, 0.5) is 4.39 Å². The Morgan fingerprint density at radius 2 is 2.23 bits per heavy atom. The molecule has 68 valence electrons. The van der Waals surface area contributed by atoms with Crippen molar-refractivity contribution >= 4 is 33.2 Å². The first-order valence-electron chi connectivity index (χ1n) is 3.96. The monoisotopic (exact) mass is 212 g/mol. The van der Waals surface area contributed by atoms with Gasteiger partial charge in [0.05, 0.1) is 0 Å². The van der Waals surface area contributed by atoms with E-state index in [-0.39, 0.29) is 5.82 Å². The van der Waals surface area contributed by atoms with Crippen LogP contribution in [0.3, 0.4) is 0 Å². The predicted octanol–water partition coefficient (Wildman–Crippen LogP) is 3.90. The zero-order chi connectivity index (χ0) is 9.26. The Kier molecular flexibility index (Phi) is 2.56. The molecule has 1 heterocycles. The highest BCUT2D eigenvalue weighted by Crippen LogP contribution is 2.28. The van der Waals surface area contributed by atoms with E-state index in [4.69, 9.17) is 0 Å². The van der Waals surface area contributed by atoms with Crippen molar-refractivity contribution in [3.8, 4) is 0 Å². The van der Waals surface area contributed by atoms with Gasteiger partial charge in [-0.2, -0.15) is 11.8 Å². The Bertz CT molecular complexity index is 420. The van der Waals surface area contributed by atoms with E-state index in [0.717, 1.165) is 15.8 Å². The second-order valence-corrected chi connectivity index (χ2v) is 4.86. The van der Waals surface area contributed by atoms with E-state index < -0.39 is 0 Å². The van der Waals surface area contributed by atoms with Gasteiger partial charge in [-0.05, 0) is 29.8 Å². The number of fused-ring (bicyclic) bond motifs is 1. The van der Waals surface area contributed by atoms with E-state index >= 15 is 0 Å². The van der Waals surface area contributed by atoms with Gasteiger partial charge < -0.3 is 0 Å². The van der Waals surface area contributed by atoms with Crippen molar-refractivity contribution in [1.82, 2.24) is 0 Å². The first-order valence-corrected chi connectivity index (χ1v) is 6.17. The van der Waals surface area contributed by atoms with Crippen LogP contribution in [0.25, 0.3) is 10.1 Å². The summed E-state index contributed by atoms with van der Waals surface area (Å²) in [5.41, 5.74) is 0. The zero-order valence-electron chi connectivity index (χ0n) is 7.21. The summed E-state index contributed by atoms with van der Waals surface area (Å²) in [6.07, 6.45) is 2.07. The predicted molar refractivity (Wildman–Crippen MR) is 59.0 cm³/mol. The lowest BCUT2D eigenvalue weighted by atomic mass is 10.2. The molecule has 0 bridgehead atoms. The fraction of sp³-hybridized carbons (Fsp3) is 0.200. The van der Waals surface area contributed by atoms with Gasteiger partial charge in [-0.3, -0.25) is 0 Å². The van der Waals surface area contributed by atoms with Crippen molar-refractivity contribution in [3.05, 3.63) is 35.0 Å². The number of halogens is 1. The maximum absolute atomic E-state index is 12.8. The molecule has 0 saturated heterocycles. The molecule has 1 aromatic heterocycles. The molecule has 0 unspecified atom stereocenters. The van der Waals surface area contributed by atoms with Gasteiger partial charge in [-0.25, -0.2) is 4.39 Å². The summed E-state index contributed by atoms with van der Waals surface area (Å²) in [5, 5.41) is 1.15. The first kappa shape index (κ1) is 9.03. The van der Waals surface area contributed by atoms with Crippen LogP contribution in [0.2, 0.25) is 0 Å². The van der Waals surface area contributed by atoms with E-state index in [2.05, 4.69) is 12.3 Å². The van der Waals surface area contributed by atoms with Crippen LogP contribution in [0, 0.1) is 5.82 Å². The standard InChI is InChI=1S/C10H9FS2/c1-12-6-9-4-7-2-3-8(11)5-10(7)13-9/h2-5H,6H2,1H3. The second-order valence-electron chi connectivity index (χ2n) is 2.83. The molecule has 0 spiro atoms. The second kappa shape index (κ2) is 3.68. The SMILES string of the molecule is CSCc1cc2ccc(F)cc2s1. The van der Waals surface area contributed by atoms with E-state index in [9.17, 15) is 4.39 Å². The largest absolute Gasteiger partial charge is 0.207 e. The van der Waals surface area contributed by atoms with E-state index in [0.29, 0.717) is 0 Å². The van der Waals surface area contributed by atoms with Gasteiger partial charge in [0.2, 0.25) is 0 Å². The molecule has 0 N–H and O–H groups in total. The van der Waals surface area contributed by atoms with E-state index in [1.54, 1.807) is 29.2 Å². The number of hydrogen-bond donors (Lipinski definition) is 0. The summed E-state index contributed by atoms with van der Waals surface area (Å²) in [6.45, 7) is 0. The molecular weight excluding hydrogens is 203 g/mol. The minimum Gasteiger partial charge on any atom is -0.207 e. The molecule has 0 aliphatic rings. The maximum Gasteiger partial charge on any atom is 0.124 e. The Hall–Kier alpha value is -0.540. The summed E-state index contributed by atoms with van der Waals surface area (Å²) in [5.74, 6) is 0.867. The number of benzene rings is 1. The van der Waals surface area contributed by atoms with Crippen molar-refractivity contribution in [1.29, 1.82) is 0 Å². The number of thiophene rings is 1. The lowest BCUT2D eigenvalue weighted by Crippen LogP contribution is -1.68. The Labute approximate surface area is 84.8 Å². The quantitative estimate of drug-likeness (QED) is 0.727. The molecule has 0 aliphatic heterocycles. The molecule has 2 rings (SSSR count). The highest BCUT2D eigenvalue weighted by molar-refractivity contribution is 7.97. The van der Waals surface area contributed by atoms with Gasteiger partial charge in [0.1, 0.15) is 5.82 Å². The molecule has 3 heteroatoms. The maximum atomic E-state index is 12.8. The van der Waals surface area contributed by atoms with Gasteiger partial charge in [0, 0.05) is 15.3 Å². The molecule has 0 aliphatic carbocycles. The molecule has 2 aromatic rings. The number of hydrogen-bond acceptors (Lipinski definition) is 2. The average molecular weight is 212 g/mol. The topological polar surface area (TPSA) is 0 Å². The van der Waals surface area contributed by atoms with Crippen LogP contribution in [0.15, 0.2) is 24.3 Å². The van der Waals surface area contributed by atoms with Crippen molar-refractivity contribution in [3.63, 3.8) is 0 Å². The third-order valence-electron chi connectivity index (χ3n) is 1.82. The molecule has 0 atom stereocenters. The molecule has 0 radical (unpaired) electrons. The van der Waals surface area contributed by atoms with Crippen LogP contribution >= 0.6 is 23.1 Å². The molecular formula is C10H9FS2. The summed E-state index contributed by atoms with van der Waals surface area (Å²) >= 11 is 3.47. The first-order chi connectivity index (χ1) is 6.29. The highest BCUT2D eigenvalue weighted by atomic mass is 32.2. The Balaban J connectivity index is 2.49. The molecule has 0 nitrogen and oxygen atoms in total. The van der Waals surface area contributed by atoms with Crippen LogP contribution in [-0.2, 0) is 5.75 Å². The van der Waals surface area contributed by atoms with Crippen LogP contribution < -0.4 is 0 Å². The van der Waals surface area contributed by atoms with Crippen molar-refractivity contribution in [2.45, 2.75) is 5.75 Å². The lowest BCUT2D eigenvalue weighted by Gasteiger charge is -1.87. The van der Waals surface area contributed by atoms with Crippen LogP contribution in [0.5, 0.6) is 0 Å². The fourth-order valence-corrected chi connectivity index (χ4v) is 3.12. The van der Waals surface area contributed by atoms with Gasteiger partial charge in [0.15, 0.2) is 0 Å². The van der Waals surface area contributed by atoms with Crippen molar-refractivity contribution in [2.75, 3.05) is 6.26 Å². The third kappa shape index (κ3) is 1.86.